The third kappa shape index (κ3) is 3.68. The molecule has 2 aromatic rings. The van der Waals surface area contributed by atoms with E-state index in [-0.39, 0.29) is 0 Å². The summed E-state index contributed by atoms with van der Waals surface area (Å²) in [4.78, 5) is 16.5. The number of rotatable bonds is 4. The second kappa shape index (κ2) is 7.19. The van der Waals surface area contributed by atoms with Gasteiger partial charge >= 0.3 is 6.09 Å². The largest absolute Gasteiger partial charge is 0.465 e. The molecule has 2 N–H and O–H groups in total. The van der Waals surface area contributed by atoms with E-state index in [1.165, 1.54) is 16.0 Å². The van der Waals surface area contributed by atoms with Crippen molar-refractivity contribution in [2.45, 2.75) is 19.5 Å². The van der Waals surface area contributed by atoms with Gasteiger partial charge in [0.1, 0.15) is 0 Å². The molecule has 0 bridgehead atoms. The summed E-state index contributed by atoms with van der Waals surface area (Å²) < 4.78 is 1.09. The van der Waals surface area contributed by atoms with E-state index in [1.54, 1.807) is 19.4 Å². The molecule has 1 aromatic heterocycles. The maximum atomic E-state index is 11.1. The molecular formula is C17H19BrN4O2. The molecule has 126 valence electrons. The Hall–Kier alpha value is -2.12. The number of hydrogen-bond acceptors (Lipinski definition) is 4. The Morgan fingerprint density at radius 1 is 1.33 bits per heavy atom. The summed E-state index contributed by atoms with van der Waals surface area (Å²) in [5, 5.41) is 11.3. The Morgan fingerprint density at radius 3 is 2.79 bits per heavy atom. The van der Waals surface area contributed by atoms with E-state index in [1.807, 2.05) is 24.3 Å². The van der Waals surface area contributed by atoms with Gasteiger partial charge in [0.15, 0.2) is 0 Å². The third-order valence-electron chi connectivity index (χ3n) is 4.15. The minimum absolute atomic E-state index is 0.383. The number of benzene rings is 1. The van der Waals surface area contributed by atoms with Crippen LogP contribution >= 0.6 is 15.9 Å². The number of halogens is 1. The molecule has 0 aliphatic carbocycles. The molecule has 0 saturated carbocycles. The van der Waals surface area contributed by atoms with Gasteiger partial charge in [0.2, 0.25) is 0 Å². The van der Waals surface area contributed by atoms with Crippen molar-refractivity contribution in [3.63, 3.8) is 0 Å². The van der Waals surface area contributed by atoms with Crippen LogP contribution in [0.15, 0.2) is 41.1 Å². The molecule has 7 heteroatoms. The molecule has 0 radical (unpaired) electrons. The zero-order valence-corrected chi connectivity index (χ0v) is 15.0. The quantitative estimate of drug-likeness (QED) is 0.837. The number of carboxylic acid groups (broad SMARTS) is 1. The van der Waals surface area contributed by atoms with Crippen LogP contribution < -0.4 is 5.43 Å². The lowest BCUT2D eigenvalue weighted by atomic mass is 9.95. The van der Waals surface area contributed by atoms with Gasteiger partial charge in [-0.05, 0) is 41.3 Å². The molecule has 1 aromatic carbocycles. The second-order valence-corrected chi connectivity index (χ2v) is 6.68. The van der Waals surface area contributed by atoms with Crippen LogP contribution in [0.5, 0.6) is 0 Å². The third-order valence-corrected chi connectivity index (χ3v) is 4.90. The highest BCUT2D eigenvalue weighted by atomic mass is 79.9. The first-order valence-electron chi connectivity index (χ1n) is 7.69. The van der Waals surface area contributed by atoms with E-state index < -0.39 is 6.09 Å². The van der Waals surface area contributed by atoms with Crippen molar-refractivity contribution < 1.29 is 9.90 Å². The fourth-order valence-electron chi connectivity index (χ4n) is 2.87. The van der Waals surface area contributed by atoms with Crippen LogP contribution in [0.4, 0.5) is 10.5 Å². The maximum absolute atomic E-state index is 11.1. The average Bonchev–Trinajstić information content (AvgIpc) is 2.58. The van der Waals surface area contributed by atoms with Gasteiger partial charge in [-0.3, -0.25) is 4.98 Å². The summed E-state index contributed by atoms with van der Waals surface area (Å²) in [6.07, 6.45) is 3.49. The van der Waals surface area contributed by atoms with Crippen LogP contribution in [0, 0.1) is 0 Å². The minimum atomic E-state index is -0.922. The van der Waals surface area contributed by atoms with Crippen LogP contribution in [0.1, 0.15) is 16.7 Å². The van der Waals surface area contributed by atoms with E-state index in [9.17, 15) is 4.79 Å². The Bertz CT molecular complexity index is 739. The van der Waals surface area contributed by atoms with Crippen molar-refractivity contribution in [2.75, 3.05) is 19.0 Å². The zero-order chi connectivity index (χ0) is 17.1. The van der Waals surface area contributed by atoms with Crippen LogP contribution in [0.2, 0.25) is 0 Å². The topological polar surface area (TPSA) is 68.7 Å². The molecule has 6 nitrogen and oxygen atoms in total. The summed E-state index contributed by atoms with van der Waals surface area (Å²) in [7, 11) is 1.59. The minimum Gasteiger partial charge on any atom is -0.465 e. The molecule has 1 amide bonds. The van der Waals surface area contributed by atoms with Gasteiger partial charge in [-0.1, -0.05) is 22.0 Å². The summed E-state index contributed by atoms with van der Waals surface area (Å²) in [6.45, 7) is 1.99. The van der Waals surface area contributed by atoms with Crippen molar-refractivity contribution in [3.8, 4) is 0 Å². The Labute approximate surface area is 149 Å². The maximum Gasteiger partial charge on any atom is 0.407 e. The van der Waals surface area contributed by atoms with Crippen LogP contribution in [-0.2, 0) is 19.5 Å². The number of carbonyl (C=O) groups is 1. The molecule has 0 atom stereocenters. The lowest BCUT2D eigenvalue weighted by Gasteiger charge is -2.32. The summed E-state index contributed by atoms with van der Waals surface area (Å²) in [6, 6.07) is 7.86. The lowest BCUT2D eigenvalue weighted by molar-refractivity contribution is 0.153. The number of fused-ring (bicyclic) bond motifs is 1. The predicted octanol–water partition coefficient (Wildman–Crippen LogP) is 3.34. The van der Waals surface area contributed by atoms with Crippen molar-refractivity contribution in [2.24, 2.45) is 0 Å². The zero-order valence-electron chi connectivity index (χ0n) is 13.4. The first-order chi connectivity index (χ1) is 11.5. The number of nitrogens with zero attached hydrogens (tertiary/aromatic N) is 3. The number of pyridine rings is 1. The molecule has 1 aliphatic rings. The average molecular weight is 391 g/mol. The molecule has 1 aliphatic heterocycles. The van der Waals surface area contributed by atoms with E-state index in [4.69, 9.17) is 5.11 Å². The Morgan fingerprint density at radius 2 is 2.08 bits per heavy atom. The fraction of sp³-hybridized carbons (Fsp3) is 0.294. The molecule has 3 rings (SSSR count). The van der Waals surface area contributed by atoms with Crippen molar-refractivity contribution in [3.05, 3.63) is 57.8 Å². The summed E-state index contributed by atoms with van der Waals surface area (Å²) in [5.41, 5.74) is 7.88. The van der Waals surface area contributed by atoms with Gasteiger partial charge in [-0.2, -0.15) is 0 Å². The highest BCUT2D eigenvalue weighted by Crippen LogP contribution is 2.30. The Kier molecular flexibility index (Phi) is 5.01. The van der Waals surface area contributed by atoms with E-state index in [0.717, 1.165) is 35.2 Å². The Balaban J connectivity index is 1.83. The number of hydrazine groups is 1. The van der Waals surface area contributed by atoms with Crippen molar-refractivity contribution in [1.82, 2.24) is 14.9 Å². The van der Waals surface area contributed by atoms with E-state index >= 15 is 0 Å². The van der Waals surface area contributed by atoms with Crippen molar-refractivity contribution in [1.29, 1.82) is 0 Å². The molecule has 0 fully saturated rings. The molecule has 24 heavy (non-hydrogen) atoms. The van der Waals surface area contributed by atoms with Crippen molar-refractivity contribution >= 4 is 27.7 Å². The fourth-order valence-corrected chi connectivity index (χ4v) is 3.44. The second-order valence-electron chi connectivity index (χ2n) is 5.82. The number of aromatic nitrogens is 1. The lowest BCUT2D eigenvalue weighted by Crippen LogP contribution is -2.36. The number of hydrogen-bond donors (Lipinski definition) is 2. The van der Waals surface area contributed by atoms with E-state index in [0.29, 0.717) is 6.54 Å². The number of anilines is 1. The van der Waals surface area contributed by atoms with Gasteiger partial charge in [0, 0.05) is 43.5 Å². The van der Waals surface area contributed by atoms with E-state index in [2.05, 4.69) is 31.3 Å². The highest BCUT2D eigenvalue weighted by Gasteiger charge is 2.22. The first-order valence-corrected chi connectivity index (χ1v) is 8.48. The monoisotopic (exact) mass is 390 g/mol. The normalized spacial score (nSPS) is 14.1. The summed E-state index contributed by atoms with van der Waals surface area (Å²) in [5.74, 6) is 0. The van der Waals surface area contributed by atoms with Crippen LogP contribution in [0.25, 0.3) is 0 Å². The van der Waals surface area contributed by atoms with Crippen LogP contribution in [0.3, 0.4) is 0 Å². The van der Waals surface area contributed by atoms with Crippen LogP contribution in [-0.4, -0.2) is 39.7 Å². The summed E-state index contributed by atoms with van der Waals surface area (Å²) >= 11 is 3.62. The highest BCUT2D eigenvalue weighted by molar-refractivity contribution is 9.10. The predicted molar refractivity (Wildman–Crippen MR) is 95.6 cm³/mol. The van der Waals surface area contributed by atoms with Gasteiger partial charge in [-0.25, -0.2) is 9.80 Å². The molecule has 0 spiro atoms. The molecule has 2 heterocycles. The molecular weight excluding hydrogens is 372 g/mol. The molecule has 0 saturated heterocycles. The number of nitrogens with one attached hydrogen (secondary N) is 1. The van der Waals surface area contributed by atoms with Gasteiger partial charge in [-0.15, -0.1) is 0 Å². The SMILES string of the molecule is CN(Cc1ccc(Br)c2c1CN(Nc1ccncc1)CC2)C(=O)O. The standard InChI is InChI=1S/C17H19BrN4O2/c1-21(17(23)24)10-12-2-3-16(18)14-6-9-22(11-15(12)14)20-13-4-7-19-8-5-13/h2-5,7-8H,6,9-11H2,1H3,(H,19,20)(H,23,24). The van der Waals surface area contributed by atoms with Gasteiger partial charge in [0.25, 0.3) is 0 Å². The molecule has 0 unspecified atom stereocenters. The first kappa shape index (κ1) is 16.7. The van der Waals surface area contributed by atoms with Gasteiger partial charge < -0.3 is 15.4 Å². The number of amides is 1. The van der Waals surface area contributed by atoms with Gasteiger partial charge in [0.05, 0.1) is 5.69 Å². The smallest absolute Gasteiger partial charge is 0.407 e.